The van der Waals surface area contributed by atoms with E-state index in [4.69, 9.17) is 10.8 Å². The van der Waals surface area contributed by atoms with Gasteiger partial charge in [0.1, 0.15) is 0 Å². The first-order valence-corrected chi connectivity index (χ1v) is 4.44. The van der Waals surface area contributed by atoms with Gasteiger partial charge in [-0.2, -0.15) is 0 Å². The maximum Gasteiger partial charge on any atom is 0.328 e. The fraction of sp³-hybridized carbons (Fsp3) is 0.200. The van der Waals surface area contributed by atoms with E-state index in [1.165, 1.54) is 0 Å². The van der Waals surface area contributed by atoms with Gasteiger partial charge in [0.2, 0.25) is 5.91 Å². The van der Waals surface area contributed by atoms with Crippen molar-refractivity contribution in [2.24, 2.45) is 5.73 Å². The molecular formula is C10H12N2O3. The Bertz CT molecular complexity index is 356. The maximum atomic E-state index is 11.1. The highest BCUT2D eigenvalue weighted by atomic mass is 16.4. The minimum atomic E-state index is -1.15. The van der Waals surface area contributed by atoms with Crippen molar-refractivity contribution in [2.45, 2.75) is 12.5 Å². The summed E-state index contributed by atoms with van der Waals surface area (Å²) in [5.74, 6) is -1.62. The zero-order chi connectivity index (χ0) is 11.3. The summed E-state index contributed by atoms with van der Waals surface area (Å²) in [5.41, 5.74) is 6.23. The average molecular weight is 208 g/mol. The number of aliphatic carboxylic acids is 1. The Morgan fingerprint density at radius 3 is 2.80 bits per heavy atom. The van der Waals surface area contributed by atoms with Gasteiger partial charge in [-0.1, -0.05) is 12.2 Å². The van der Waals surface area contributed by atoms with Crippen LogP contribution in [0.5, 0.6) is 0 Å². The Balaban J connectivity index is 2.46. The molecule has 5 heteroatoms. The van der Waals surface area contributed by atoms with Crippen LogP contribution in [0.3, 0.4) is 0 Å². The van der Waals surface area contributed by atoms with Gasteiger partial charge in [-0.3, -0.25) is 4.79 Å². The molecule has 1 rings (SSSR count). The van der Waals surface area contributed by atoms with E-state index in [2.05, 4.69) is 5.32 Å². The summed E-state index contributed by atoms with van der Waals surface area (Å²) in [6.07, 6.45) is 7.67. The normalized spacial score (nSPS) is 20.1. The van der Waals surface area contributed by atoms with Crippen molar-refractivity contribution in [3.8, 4) is 0 Å². The molecule has 0 heterocycles. The minimum Gasteiger partial charge on any atom is -0.478 e. The Hall–Kier alpha value is -1.88. The molecule has 0 aromatic heterocycles. The summed E-state index contributed by atoms with van der Waals surface area (Å²) in [4.78, 5) is 21.3. The van der Waals surface area contributed by atoms with Crippen molar-refractivity contribution < 1.29 is 14.7 Å². The summed E-state index contributed by atoms with van der Waals surface area (Å²) in [6.45, 7) is 0. The van der Waals surface area contributed by atoms with Crippen molar-refractivity contribution in [2.75, 3.05) is 0 Å². The van der Waals surface area contributed by atoms with Crippen LogP contribution in [0.1, 0.15) is 6.42 Å². The highest BCUT2D eigenvalue weighted by molar-refractivity contribution is 5.94. The molecule has 5 nitrogen and oxygen atoms in total. The number of carbonyl (C=O) groups is 2. The third kappa shape index (κ3) is 4.24. The molecule has 0 radical (unpaired) electrons. The Morgan fingerprint density at radius 1 is 1.53 bits per heavy atom. The lowest BCUT2D eigenvalue weighted by Crippen LogP contribution is -2.24. The third-order valence-corrected chi connectivity index (χ3v) is 1.78. The fourth-order valence-electron chi connectivity index (χ4n) is 1.06. The summed E-state index contributed by atoms with van der Waals surface area (Å²) < 4.78 is 0. The number of carboxylic acids is 1. The summed E-state index contributed by atoms with van der Waals surface area (Å²) in [6, 6.07) is -0.0137. The van der Waals surface area contributed by atoms with Crippen LogP contribution in [0.25, 0.3) is 0 Å². The first-order valence-electron chi connectivity index (χ1n) is 4.44. The van der Waals surface area contributed by atoms with Gasteiger partial charge >= 0.3 is 5.97 Å². The van der Waals surface area contributed by atoms with Gasteiger partial charge in [-0.05, 0) is 12.5 Å². The first-order chi connectivity index (χ1) is 7.08. The SMILES string of the molecule is NC1C=CC(NC(=O)/C=C\C(=O)O)=CC1. The molecule has 15 heavy (non-hydrogen) atoms. The van der Waals surface area contributed by atoms with Gasteiger partial charge in [0, 0.05) is 23.9 Å². The standard InChI is InChI=1S/C10H12N2O3/c11-7-1-3-8(4-2-7)12-9(13)5-6-10(14)15/h1,3-7H,2,11H2,(H,12,13)(H,14,15)/b6-5-. The van der Waals surface area contributed by atoms with Gasteiger partial charge in [0.05, 0.1) is 0 Å². The van der Waals surface area contributed by atoms with E-state index in [0.29, 0.717) is 12.1 Å². The van der Waals surface area contributed by atoms with Crippen molar-refractivity contribution in [3.63, 3.8) is 0 Å². The highest BCUT2D eigenvalue weighted by Crippen LogP contribution is 2.05. The Kier molecular flexibility index (Phi) is 3.82. The number of nitrogens with two attached hydrogens (primary N) is 1. The zero-order valence-electron chi connectivity index (χ0n) is 8.01. The number of rotatable bonds is 3. The highest BCUT2D eigenvalue weighted by Gasteiger charge is 2.05. The lowest BCUT2D eigenvalue weighted by Gasteiger charge is -2.11. The quantitative estimate of drug-likeness (QED) is 0.565. The predicted molar refractivity (Wildman–Crippen MR) is 54.7 cm³/mol. The molecule has 80 valence electrons. The number of carbonyl (C=O) groups excluding carboxylic acids is 1. The second-order valence-electron chi connectivity index (χ2n) is 3.08. The maximum absolute atomic E-state index is 11.1. The van der Waals surface area contributed by atoms with Crippen LogP contribution in [0, 0.1) is 0 Å². The first kappa shape index (κ1) is 11.2. The van der Waals surface area contributed by atoms with E-state index in [-0.39, 0.29) is 6.04 Å². The molecule has 0 saturated carbocycles. The second kappa shape index (κ2) is 5.11. The molecule has 0 aromatic rings. The largest absolute Gasteiger partial charge is 0.478 e. The number of hydrogen-bond acceptors (Lipinski definition) is 3. The van der Waals surface area contributed by atoms with E-state index < -0.39 is 11.9 Å². The van der Waals surface area contributed by atoms with Crippen LogP contribution in [0.2, 0.25) is 0 Å². The number of allylic oxidation sites excluding steroid dienone is 1. The summed E-state index contributed by atoms with van der Waals surface area (Å²) in [7, 11) is 0. The lowest BCUT2D eigenvalue weighted by atomic mass is 10.1. The van der Waals surface area contributed by atoms with Crippen molar-refractivity contribution in [1.29, 1.82) is 0 Å². The van der Waals surface area contributed by atoms with Gasteiger partial charge in [-0.15, -0.1) is 0 Å². The molecule has 1 unspecified atom stereocenters. The van der Waals surface area contributed by atoms with Gasteiger partial charge in [-0.25, -0.2) is 4.79 Å². The van der Waals surface area contributed by atoms with E-state index in [9.17, 15) is 9.59 Å². The monoisotopic (exact) mass is 208 g/mol. The topological polar surface area (TPSA) is 92.4 Å². The molecule has 0 aliphatic heterocycles. The van der Waals surface area contributed by atoms with Crippen LogP contribution in [0.4, 0.5) is 0 Å². The Labute approximate surface area is 87.0 Å². The van der Waals surface area contributed by atoms with Crippen molar-refractivity contribution >= 4 is 11.9 Å². The molecule has 0 aromatic carbocycles. The minimum absolute atomic E-state index is 0.0137. The molecule has 0 fully saturated rings. The predicted octanol–water partition coefficient (Wildman–Crippen LogP) is -0.0855. The number of amides is 1. The van der Waals surface area contributed by atoms with Crippen LogP contribution in [0.15, 0.2) is 36.1 Å². The molecule has 1 amide bonds. The Morgan fingerprint density at radius 2 is 2.27 bits per heavy atom. The molecule has 1 aliphatic carbocycles. The third-order valence-electron chi connectivity index (χ3n) is 1.78. The average Bonchev–Trinajstić information content (AvgIpc) is 2.19. The zero-order valence-corrected chi connectivity index (χ0v) is 8.01. The molecule has 4 N–H and O–H groups in total. The van der Waals surface area contributed by atoms with Crippen LogP contribution in [-0.4, -0.2) is 23.0 Å². The lowest BCUT2D eigenvalue weighted by molar-refractivity contribution is -0.131. The second-order valence-corrected chi connectivity index (χ2v) is 3.08. The van der Waals surface area contributed by atoms with E-state index >= 15 is 0 Å². The molecule has 0 bridgehead atoms. The smallest absolute Gasteiger partial charge is 0.328 e. The fourth-order valence-corrected chi connectivity index (χ4v) is 1.06. The van der Waals surface area contributed by atoms with Crippen molar-refractivity contribution in [1.82, 2.24) is 5.32 Å². The van der Waals surface area contributed by atoms with Gasteiger partial charge in [0.25, 0.3) is 0 Å². The van der Waals surface area contributed by atoms with Gasteiger partial charge in [0.15, 0.2) is 0 Å². The van der Waals surface area contributed by atoms with E-state index in [0.717, 1.165) is 12.2 Å². The van der Waals surface area contributed by atoms with E-state index in [1.807, 2.05) is 0 Å². The summed E-state index contributed by atoms with van der Waals surface area (Å²) >= 11 is 0. The summed E-state index contributed by atoms with van der Waals surface area (Å²) in [5, 5.41) is 10.8. The van der Waals surface area contributed by atoms with E-state index in [1.54, 1.807) is 18.2 Å². The van der Waals surface area contributed by atoms with Gasteiger partial charge < -0.3 is 16.2 Å². The molecule has 1 atom stereocenters. The molecular weight excluding hydrogens is 196 g/mol. The molecule has 1 aliphatic rings. The molecule has 0 spiro atoms. The van der Waals surface area contributed by atoms with Crippen LogP contribution < -0.4 is 11.1 Å². The van der Waals surface area contributed by atoms with Crippen LogP contribution >= 0.6 is 0 Å². The van der Waals surface area contributed by atoms with Crippen LogP contribution in [-0.2, 0) is 9.59 Å². The molecule has 0 saturated heterocycles. The number of carboxylic acid groups (broad SMARTS) is 1. The number of nitrogens with one attached hydrogen (secondary N) is 1. The number of hydrogen-bond donors (Lipinski definition) is 3. The van der Waals surface area contributed by atoms with Crippen molar-refractivity contribution in [3.05, 3.63) is 36.1 Å².